The molecule has 1 rings (SSSR count). The summed E-state index contributed by atoms with van der Waals surface area (Å²) in [6, 6.07) is 2.15. The maximum atomic E-state index is 13.1. The first-order chi connectivity index (χ1) is 9.75. The van der Waals surface area contributed by atoms with Crippen LogP contribution in [0.4, 0.5) is 17.6 Å². The molecule has 1 aromatic carbocycles. The Labute approximate surface area is 127 Å². The van der Waals surface area contributed by atoms with Crippen molar-refractivity contribution in [2.75, 3.05) is 20.3 Å². The van der Waals surface area contributed by atoms with Gasteiger partial charge in [0.15, 0.2) is 0 Å². The summed E-state index contributed by atoms with van der Waals surface area (Å²) >= 11 is 3.32. The highest BCUT2D eigenvalue weighted by Gasteiger charge is 2.34. The predicted octanol–water partition coefficient (Wildman–Crippen LogP) is 3.37. The van der Waals surface area contributed by atoms with Gasteiger partial charge in [-0.15, -0.1) is 0 Å². The lowest BCUT2D eigenvalue weighted by Gasteiger charge is -2.11. The summed E-state index contributed by atoms with van der Waals surface area (Å²) in [6.07, 6.45) is -4.29. The van der Waals surface area contributed by atoms with Gasteiger partial charge in [-0.25, -0.2) is 4.39 Å². The maximum Gasteiger partial charge on any atom is 0.419 e. The average Bonchev–Trinajstić information content (AvgIpc) is 2.38. The SMILES string of the molecule is COCC(Br)CCNC(=O)c1ccc(F)c(C(F)(F)F)c1. The van der Waals surface area contributed by atoms with Crippen LogP contribution in [0.1, 0.15) is 22.3 Å². The molecule has 0 spiro atoms. The Morgan fingerprint density at radius 1 is 1.43 bits per heavy atom. The number of hydrogen-bond donors (Lipinski definition) is 1. The first-order valence-corrected chi connectivity index (χ1v) is 6.95. The summed E-state index contributed by atoms with van der Waals surface area (Å²) in [4.78, 5) is 11.8. The third-order valence-corrected chi connectivity index (χ3v) is 3.35. The van der Waals surface area contributed by atoms with Crippen LogP contribution in [0.25, 0.3) is 0 Å². The Hall–Kier alpha value is -1.15. The Morgan fingerprint density at radius 2 is 2.10 bits per heavy atom. The highest BCUT2D eigenvalue weighted by atomic mass is 79.9. The smallest absolute Gasteiger partial charge is 0.384 e. The molecule has 0 saturated carbocycles. The predicted molar refractivity (Wildman–Crippen MR) is 72.9 cm³/mol. The van der Waals surface area contributed by atoms with E-state index in [4.69, 9.17) is 4.74 Å². The molecule has 0 bridgehead atoms. The number of carbonyl (C=O) groups excluding carboxylic acids is 1. The quantitative estimate of drug-likeness (QED) is 0.614. The van der Waals surface area contributed by atoms with Crippen LogP contribution in [-0.4, -0.2) is 31.0 Å². The van der Waals surface area contributed by atoms with Crippen LogP contribution >= 0.6 is 15.9 Å². The minimum atomic E-state index is -4.83. The number of halogens is 5. The summed E-state index contributed by atoms with van der Waals surface area (Å²) < 4.78 is 55.6. The van der Waals surface area contributed by atoms with Crippen molar-refractivity contribution < 1.29 is 27.1 Å². The van der Waals surface area contributed by atoms with Crippen molar-refractivity contribution in [2.45, 2.75) is 17.4 Å². The molecular weight excluding hydrogens is 358 g/mol. The monoisotopic (exact) mass is 371 g/mol. The molecule has 1 atom stereocenters. The molecular formula is C13H14BrF4NO2. The summed E-state index contributed by atoms with van der Waals surface area (Å²) in [5.74, 6) is -2.09. The van der Waals surface area contributed by atoms with E-state index in [2.05, 4.69) is 21.2 Å². The Balaban J connectivity index is 2.67. The van der Waals surface area contributed by atoms with E-state index < -0.39 is 23.5 Å². The zero-order chi connectivity index (χ0) is 16.0. The van der Waals surface area contributed by atoms with E-state index in [0.717, 1.165) is 6.07 Å². The lowest BCUT2D eigenvalue weighted by Crippen LogP contribution is -2.27. The second kappa shape index (κ2) is 7.74. The highest BCUT2D eigenvalue weighted by molar-refractivity contribution is 9.09. The molecule has 0 fully saturated rings. The zero-order valence-corrected chi connectivity index (χ0v) is 12.7. The Kier molecular flexibility index (Phi) is 6.60. The van der Waals surface area contributed by atoms with E-state index in [1.165, 1.54) is 7.11 Å². The van der Waals surface area contributed by atoms with Gasteiger partial charge in [-0.1, -0.05) is 15.9 Å². The van der Waals surface area contributed by atoms with Gasteiger partial charge < -0.3 is 10.1 Å². The largest absolute Gasteiger partial charge is 0.419 e. The van der Waals surface area contributed by atoms with Crippen LogP contribution in [0, 0.1) is 5.82 Å². The number of alkyl halides is 4. The van der Waals surface area contributed by atoms with E-state index >= 15 is 0 Å². The molecule has 8 heteroatoms. The summed E-state index contributed by atoms with van der Waals surface area (Å²) in [7, 11) is 1.53. The molecule has 1 amide bonds. The normalized spacial score (nSPS) is 13.0. The van der Waals surface area contributed by atoms with Gasteiger partial charge in [-0.3, -0.25) is 4.79 Å². The Morgan fingerprint density at radius 3 is 2.67 bits per heavy atom. The molecule has 0 aliphatic heterocycles. The van der Waals surface area contributed by atoms with Crippen LogP contribution in [0.3, 0.4) is 0 Å². The van der Waals surface area contributed by atoms with Gasteiger partial charge in [0, 0.05) is 24.0 Å². The van der Waals surface area contributed by atoms with Gasteiger partial charge in [0.05, 0.1) is 12.2 Å². The summed E-state index contributed by atoms with van der Waals surface area (Å²) in [5.41, 5.74) is -1.69. The number of benzene rings is 1. The maximum absolute atomic E-state index is 13.1. The van der Waals surface area contributed by atoms with Gasteiger partial charge >= 0.3 is 6.18 Å². The first-order valence-electron chi connectivity index (χ1n) is 6.03. The first kappa shape index (κ1) is 17.9. The van der Waals surface area contributed by atoms with Gasteiger partial charge in [-0.2, -0.15) is 13.2 Å². The molecule has 0 saturated heterocycles. The third-order valence-electron chi connectivity index (χ3n) is 2.62. The number of carbonyl (C=O) groups is 1. The molecule has 118 valence electrons. The second-order valence-corrected chi connectivity index (χ2v) is 5.58. The number of nitrogens with one attached hydrogen (secondary N) is 1. The number of hydrogen-bond acceptors (Lipinski definition) is 2. The van der Waals surface area contributed by atoms with Crippen molar-refractivity contribution in [1.29, 1.82) is 0 Å². The fraction of sp³-hybridized carbons (Fsp3) is 0.462. The minimum Gasteiger partial charge on any atom is -0.384 e. The average molecular weight is 372 g/mol. The standard InChI is InChI=1S/C13H14BrF4NO2/c1-21-7-9(14)4-5-19-12(20)8-2-3-11(15)10(6-8)13(16,17)18/h2-3,6,9H,4-5,7H2,1H3,(H,19,20). The van der Waals surface area contributed by atoms with E-state index in [0.29, 0.717) is 25.2 Å². The molecule has 0 aliphatic rings. The van der Waals surface area contributed by atoms with Crippen LogP contribution < -0.4 is 5.32 Å². The number of amides is 1. The van der Waals surface area contributed by atoms with Crippen molar-refractivity contribution in [3.63, 3.8) is 0 Å². The number of methoxy groups -OCH3 is 1. The van der Waals surface area contributed by atoms with Crippen molar-refractivity contribution in [3.8, 4) is 0 Å². The van der Waals surface area contributed by atoms with Gasteiger partial charge in [0.1, 0.15) is 5.82 Å². The topological polar surface area (TPSA) is 38.3 Å². The third kappa shape index (κ3) is 5.62. The lowest BCUT2D eigenvalue weighted by atomic mass is 10.1. The summed E-state index contributed by atoms with van der Waals surface area (Å²) in [6.45, 7) is 0.710. The van der Waals surface area contributed by atoms with E-state index in [1.807, 2.05) is 0 Å². The molecule has 0 heterocycles. The van der Waals surface area contributed by atoms with Crippen LogP contribution in [0.5, 0.6) is 0 Å². The second-order valence-electron chi connectivity index (χ2n) is 4.29. The van der Waals surface area contributed by atoms with Crippen LogP contribution in [0.2, 0.25) is 0 Å². The minimum absolute atomic E-state index is 0.0294. The van der Waals surface area contributed by atoms with Gasteiger partial charge in [-0.05, 0) is 24.6 Å². The van der Waals surface area contributed by atoms with Gasteiger partial charge in [0.25, 0.3) is 5.91 Å². The van der Waals surface area contributed by atoms with Gasteiger partial charge in [0.2, 0.25) is 0 Å². The number of rotatable bonds is 6. The Bertz CT molecular complexity index is 494. The van der Waals surface area contributed by atoms with E-state index in [-0.39, 0.29) is 16.9 Å². The molecule has 0 aliphatic carbocycles. The van der Waals surface area contributed by atoms with Crippen LogP contribution in [-0.2, 0) is 10.9 Å². The van der Waals surface area contributed by atoms with E-state index in [9.17, 15) is 22.4 Å². The molecule has 0 aromatic heterocycles. The fourth-order valence-corrected chi connectivity index (χ4v) is 2.09. The lowest BCUT2D eigenvalue weighted by molar-refractivity contribution is -0.140. The van der Waals surface area contributed by atoms with Crippen LogP contribution in [0.15, 0.2) is 18.2 Å². The van der Waals surface area contributed by atoms with Crippen molar-refractivity contribution >= 4 is 21.8 Å². The summed E-state index contributed by atoms with van der Waals surface area (Å²) in [5, 5.41) is 2.47. The molecule has 1 aromatic rings. The molecule has 1 N–H and O–H groups in total. The van der Waals surface area contributed by atoms with Crippen molar-refractivity contribution in [1.82, 2.24) is 5.32 Å². The molecule has 1 unspecified atom stereocenters. The molecule has 21 heavy (non-hydrogen) atoms. The molecule has 3 nitrogen and oxygen atoms in total. The van der Waals surface area contributed by atoms with E-state index in [1.54, 1.807) is 0 Å². The molecule has 0 radical (unpaired) electrons. The fourth-order valence-electron chi connectivity index (χ4n) is 1.59. The highest BCUT2D eigenvalue weighted by Crippen LogP contribution is 2.31. The van der Waals surface area contributed by atoms with Crippen molar-refractivity contribution in [3.05, 3.63) is 35.1 Å². The number of ether oxygens (including phenoxy) is 1. The zero-order valence-electron chi connectivity index (χ0n) is 11.1. The van der Waals surface area contributed by atoms with Crippen molar-refractivity contribution in [2.24, 2.45) is 0 Å².